The van der Waals surface area contributed by atoms with Crippen LogP contribution in [0.1, 0.15) is 22.8 Å². The third-order valence-electron chi connectivity index (χ3n) is 2.45. The number of benzene rings is 1. The zero-order valence-electron chi connectivity index (χ0n) is 11.2. The number of hydrogen-bond acceptors (Lipinski definition) is 4. The van der Waals surface area contributed by atoms with Crippen LogP contribution in [0.4, 0.5) is 10.5 Å². The van der Waals surface area contributed by atoms with Crippen molar-refractivity contribution in [1.82, 2.24) is 15.5 Å². The summed E-state index contributed by atoms with van der Waals surface area (Å²) >= 11 is 0. The average molecular weight is 260 g/mol. The summed E-state index contributed by atoms with van der Waals surface area (Å²) in [4.78, 5) is 15.7. The number of anilines is 1. The number of aromatic nitrogens is 2. The van der Waals surface area contributed by atoms with Crippen molar-refractivity contribution in [3.63, 3.8) is 0 Å². The number of urea groups is 1. The molecule has 1 aromatic carbocycles. The molecule has 19 heavy (non-hydrogen) atoms. The van der Waals surface area contributed by atoms with Crippen LogP contribution in [0.25, 0.3) is 0 Å². The number of amides is 2. The van der Waals surface area contributed by atoms with Gasteiger partial charge < -0.3 is 15.2 Å². The van der Waals surface area contributed by atoms with Crippen LogP contribution in [0.5, 0.6) is 0 Å². The predicted molar refractivity (Wildman–Crippen MR) is 70.8 cm³/mol. The van der Waals surface area contributed by atoms with Crippen LogP contribution in [0.2, 0.25) is 0 Å². The van der Waals surface area contributed by atoms with Crippen LogP contribution in [-0.2, 0) is 6.54 Å². The minimum absolute atomic E-state index is 0.206. The first-order valence-electron chi connectivity index (χ1n) is 5.95. The van der Waals surface area contributed by atoms with E-state index in [1.807, 2.05) is 32.0 Å². The van der Waals surface area contributed by atoms with E-state index >= 15 is 0 Å². The van der Waals surface area contributed by atoms with Gasteiger partial charge in [-0.05, 0) is 44.0 Å². The van der Waals surface area contributed by atoms with Gasteiger partial charge in [-0.2, -0.15) is 4.98 Å². The van der Waals surface area contributed by atoms with Gasteiger partial charge in [-0.15, -0.1) is 0 Å². The van der Waals surface area contributed by atoms with Gasteiger partial charge in [0.15, 0.2) is 5.82 Å². The maximum atomic E-state index is 11.7. The maximum Gasteiger partial charge on any atom is 0.319 e. The van der Waals surface area contributed by atoms with Crippen LogP contribution in [0, 0.1) is 20.8 Å². The molecule has 2 N–H and O–H groups in total. The Morgan fingerprint density at radius 2 is 1.89 bits per heavy atom. The molecular weight excluding hydrogens is 244 g/mol. The second-order valence-corrected chi connectivity index (χ2v) is 4.42. The Morgan fingerprint density at radius 3 is 2.47 bits per heavy atom. The summed E-state index contributed by atoms with van der Waals surface area (Å²) in [6, 6.07) is 5.55. The second kappa shape index (κ2) is 5.51. The molecule has 6 heteroatoms. The molecule has 1 heterocycles. The van der Waals surface area contributed by atoms with E-state index in [1.165, 1.54) is 0 Å². The minimum Gasteiger partial charge on any atom is -0.337 e. The molecule has 100 valence electrons. The fourth-order valence-corrected chi connectivity index (χ4v) is 1.79. The standard InChI is InChI=1S/C13H16N4O2/c1-8-4-9(2)6-11(5-8)16-13(18)14-7-12-15-10(3)17-19-12/h4-6H,7H2,1-3H3,(H2,14,16,18). The third-order valence-corrected chi connectivity index (χ3v) is 2.45. The van der Waals surface area contributed by atoms with Gasteiger partial charge in [-0.1, -0.05) is 11.2 Å². The average Bonchev–Trinajstić information content (AvgIpc) is 2.71. The van der Waals surface area contributed by atoms with Crippen molar-refractivity contribution < 1.29 is 9.32 Å². The lowest BCUT2D eigenvalue weighted by Gasteiger charge is -2.07. The van der Waals surface area contributed by atoms with Crippen molar-refractivity contribution in [2.24, 2.45) is 0 Å². The second-order valence-electron chi connectivity index (χ2n) is 4.42. The molecular formula is C13H16N4O2. The number of rotatable bonds is 3. The van der Waals surface area contributed by atoms with E-state index in [-0.39, 0.29) is 12.6 Å². The number of aryl methyl sites for hydroxylation is 3. The Morgan fingerprint density at radius 1 is 1.21 bits per heavy atom. The Bertz CT molecular complexity index is 572. The molecule has 0 spiro atoms. The van der Waals surface area contributed by atoms with Crippen molar-refractivity contribution in [2.75, 3.05) is 5.32 Å². The third kappa shape index (κ3) is 3.80. The Labute approximate surface area is 111 Å². The molecule has 0 aliphatic heterocycles. The first-order chi connectivity index (χ1) is 9.02. The van der Waals surface area contributed by atoms with Crippen molar-refractivity contribution in [3.8, 4) is 0 Å². The van der Waals surface area contributed by atoms with Gasteiger partial charge in [-0.25, -0.2) is 4.79 Å². The van der Waals surface area contributed by atoms with Gasteiger partial charge in [0.05, 0.1) is 6.54 Å². The molecule has 0 fully saturated rings. The SMILES string of the molecule is Cc1cc(C)cc(NC(=O)NCc2nc(C)no2)c1. The summed E-state index contributed by atoms with van der Waals surface area (Å²) in [5.74, 6) is 0.930. The van der Waals surface area contributed by atoms with E-state index in [0.717, 1.165) is 16.8 Å². The van der Waals surface area contributed by atoms with Gasteiger partial charge >= 0.3 is 6.03 Å². The van der Waals surface area contributed by atoms with E-state index in [9.17, 15) is 4.79 Å². The summed E-state index contributed by atoms with van der Waals surface area (Å²) in [5, 5.41) is 9.06. The predicted octanol–water partition coefficient (Wildman–Crippen LogP) is 2.32. The van der Waals surface area contributed by atoms with E-state index < -0.39 is 0 Å². The van der Waals surface area contributed by atoms with Gasteiger partial charge in [0.1, 0.15) is 0 Å². The van der Waals surface area contributed by atoms with E-state index in [0.29, 0.717) is 11.7 Å². The molecule has 0 bridgehead atoms. The zero-order valence-corrected chi connectivity index (χ0v) is 11.2. The molecule has 0 atom stereocenters. The minimum atomic E-state index is -0.305. The lowest BCUT2D eigenvalue weighted by molar-refractivity contribution is 0.249. The number of hydrogen-bond donors (Lipinski definition) is 2. The number of carbonyl (C=O) groups excluding carboxylic acids is 1. The molecule has 0 saturated carbocycles. The summed E-state index contributed by atoms with van der Waals surface area (Å²) in [6.45, 7) is 5.90. The quantitative estimate of drug-likeness (QED) is 0.887. The van der Waals surface area contributed by atoms with Crippen LogP contribution in [0.15, 0.2) is 22.7 Å². The largest absolute Gasteiger partial charge is 0.337 e. The molecule has 2 rings (SSSR count). The van der Waals surface area contributed by atoms with Crippen molar-refractivity contribution in [3.05, 3.63) is 41.0 Å². The molecule has 0 unspecified atom stereocenters. The maximum absolute atomic E-state index is 11.7. The highest BCUT2D eigenvalue weighted by Crippen LogP contribution is 2.13. The normalized spacial score (nSPS) is 10.3. The summed E-state index contributed by atoms with van der Waals surface area (Å²) < 4.78 is 4.90. The smallest absolute Gasteiger partial charge is 0.319 e. The number of nitrogens with zero attached hydrogens (tertiary/aromatic N) is 2. The lowest BCUT2D eigenvalue weighted by Crippen LogP contribution is -2.28. The highest BCUT2D eigenvalue weighted by molar-refractivity contribution is 5.89. The molecule has 0 aliphatic rings. The monoisotopic (exact) mass is 260 g/mol. The van der Waals surface area contributed by atoms with Crippen LogP contribution >= 0.6 is 0 Å². The fraction of sp³-hybridized carbons (Fsp3) is 0.308. The first kappa shape index (κ1) is 13.1. The molecule has 2 aromatic rings. The summed E-state index contributed by atoms with van der Waals surface area (Å²) in [6.07, 6.45) is 0. The number of carbonyl (C=O) groups is 1. The summed E-state index contributed by atoms with van der Waals surface area (Å²) in [7, 11) is 0. The number of nitrogens with one attached hydrogen (secondary N) is 2. The van der Waals surface area contributed by atoms with Crippen molar-refractivity contribution >= 4 is 11.7 Å². The van der Waals surface area contributed by atoms with Gasteiger partial charge in [-0.3, -0.25) is 0 Å². The van der Waals surface area contributed by atoms with Gasteiger partial charge in [0, 0.05) is 5.69 Å². The highest BCUT2D eigenvalue weighted by atomic mass is 16.5. The van der Waals surface area contributed by atoms with Gasteiger partial charge in [0.2, 0.25) is 5.89 Å². The highest BCUT2D eigenvalue weighted by Gasteiger charge is 2.06. The van der Waals surface area contributed by atoms with Crippen LogP contribution in [-0.4, -0.2) is 16.2 Å². The van der Waals surface area contributed by atoms with Crippen molar-refractivity contribution in [2.45, 2.75) is 27.3 Å². The van der Waals surface area contributed by atoms with E-state index in [1.54, 1.807) is 6.92 Å². The van der Waals surface area contributed by atoms with Crippen molar-refractivity contribution in [1.29, 1.82) is 0 Å². The summed E-state index contributed by atoms with van der Waals surface area (Å²) in [5.41, 5.74) is 2.96. The molecule has 0 aliphatic carbocycles. The fourth-order valence-electron chi connectivity index (χ4n) is 1.79. The zero-order chi connectivity index (χ0) is 13.8. The van der Waals surface area contributed by atoms with Crippen LogP contribution < -0.4 is 10.6 Å². The first-order valence-corrected chi connectivity index (χ1v) is 5.95. The Balaban J connectivity index is 1.90. The Kier molecular flexibility index (Phi) is 3.79. The van der Waals surface area contributed by atoms with E-state index in [2.05, 4.69) is 20.8 Å². The molecule has 0 saturated heterocycles. The van der Waals surface area contributed by atoms with E-state index in [4.69, 9.17) is 4.52 Å². The lowest BCUT2D eigenvalue weighted by atomic mass is 10.1. The van der Waals surface area contributed by atoms with Gasteiger partial charge in [0.25, 0.3) is 0 Å². The molecule has 2 amide bonds. The topological polar surface area (TPSA) is 80.0 Å². The van der Waals surface area contributed by atoms with Crippen LogP contribution in [0.3, 0.4) is 0 Å². The molecule has 1 aromatic heterocycles. The molecule has 6 nitrogen and oxygen atoms in total. The Hall–Kier alpha value is -2.37. The molecule has 0 radical (unpaired) electrons.